The molecule has 0 saturated heterocycles. The second-order valence-corrected chi connectivity index (χ2v) is 7.66. The number of halogens is 1. The van der Waals surface area contributed by atoms with Crippen LogP contribution < -0.4 is 9.47 Å². The number of hydrogen-bond donors (Lipinski definition) is 1. The number of benzene rings is 2. The number of hydrogen-bond acceptors (Lipinski definition) is 5. The van der Waals surface area contributed by atoms with Gasteiger partial charge in [0.1, 0.15) is 31.0 Å². The van der Waals surface area contributed by atoms with E-state index in [1.165, 1.54) is 11.9 Å². The Morgan fingerprint density at radius 2 is 1.82 bits per heavy atom. The van der Waals surface area contributed by atoms with Gasteiger partial charge in [-0.05, 0) is 41.3 Å². The number of ether oxygens (including phenoxy) is 2. The predicted octanol–water partition coefficient (Wildman–Crippen LogP) is 4.96. The molecule has 0 bridgehead atoms. The van der Waals surface area contributed by atoms with Crippen LogP contribution in [-0.2, 0) is 5.41 Å². The van der Waals surface area contributed by atoms with Gasteiger partial charge in [0, 0.05) is 16.8 Å². The molecule has 6 nitrogen and oxygen atoms in total. The zero-order valence-electron chi connectivity index (χ0n) is 16.1. The van der Waals surface area contributed by atoms with Crippen LogP contribution in [0.5, 0.6) is 11.5 Å². The summed E-state index contributed by atoms with van der Waals surface area (Å²) < 4.78 is 11.6. The highest BCUT2D eigenvalue weighted by Gasteiger charge is 2.13. The highest BCUT2D eigenvalue weighted by atomic mass is 35.5. The SMILES string of the molecule is CC(C)(C)c1ccc(OCCOc2ccc(Cl)cc2/C=N/c2ncn[nH]2)cc1. The van der Waals surface area contributed by atoms with Gasteiger partial charge >= 0.3 is 0 Å². The first-order valence-electron chi connectivity index (χ1n) is 8.97. The third-order valence-corrected chi connectivity index (χ3v) is 4.27. The van der Waals surface area contributed by atoms with E-state index in [1.54, 1.807) is 18.3 Å². The monoisotopic (exact) mass is 398 g/mol. The second kappa shape index (κ2) is 8.89. The van der Waals surface area contributed by atoms with Crippen molar-refractivity contribution >= 4 is 23.8 Å². The van der Waals surface area contributed by atoms with Crippen LogP contribution in [0, 0.1) is 0 Å². The van der Waals surface area contributed by atoms with Gasteiger partial charge in [-0.25, -0.2) is 10.1 Å². The summed E-state index contributed by atoms with van der Waals surface area (Å²) in [4.78, 5) is 8.17. The van der Waals surface area contributed by atoms with E-state index < -0.39 is 0 Å². The molecule has 3 rings (SSSR count). The van der Waals surface area contributed by atoms with Crippen molar-refractivity contribution < 1.29 is 9.47 Å². The summed E-state index contributed by atoms with van der Waals surface area (Å²) in [6.45, 7) is 7.38. The molecule has 1 heterocycles. The highest BCUT2D eigenvalue weighted by Crippen LogP contribution is 2.25. The van der Waals surface area contributed by atoms with Crippen molar-refractivity contribution in [2.45, 2.75) is 26.2 Å². The van der Waals surface area contributed by atoms with Crippen molar-refractivity contribution in [1.29, 1.82) is 0 Å². The molecule has 0 aliphatic heterocycles. The first-order chi connectivity index (χ1) is 13.4. The molecule has 0 aliphatic rings. The van der Waals surface area contributed by atoms with E-state index in [-0.39, 0.29) is 5.41 Å². The van der Waals surface area contributed by atoms with Crippen molar-refractivity contribution in [1.82, 2.24) is 15.2 Å². The summed E-state index contributed by atoms with van der Waals surface area (Å²) >= 11 is 6.09. The van der Waals surface area contributed by atoms with Gasteiger partial charge in [-0.2, -0.15) is 10.1 Å². The second-order valence-electron chi connectivity index (χ2n) is 7.22. The van der Waals surface area contributed by atoms with E-state index in [1.807, 2.05) is 18.2 Å². The zero-order valence-corrected chi connectivity index (χ0v) is 16.9. The van der Waals surface area contributed by atoms with Crippen molar-refractivity contribution in [2.75, 3.05) is 13.2 Å². The molecule has 7 heteroatoms. The lowest BCUT2D eigenvalue weighted by Gasteiger charge is -2.19. The van der Waals surface area contributed by atoms with Crippen molar-refractivity contribution in [3.05, 3.63) is 64.9 Å². The Kier molecular flexibility index (Phi) is 6.31. The molecule has 28 heavy (non-hydrogen) atoms. The summed E-state index contributed by atoms with van der Waals surface area (Å²) in [5.41, 5.74) is 2.14. The Bertz CT molecular complexity index is 917. The summed E-state index contributed by atoms with van der Waals surface area (Å²) in [5, 5.41) is 7.03. The number of aromatic nitrogens is 3. The Morgan fingerprint density at radius 1 is 1.07 bits per heavy atom. The third kappa shape index (κ3) is 5.57. The molecule has 2 aromatic carbocycles. The Hall–Kier alpha value is -2.86. The van der Waals surface area contributed by atoms with Crippen molar-refractivity contribution in [3.63, 3.8) is 0 Å². The largest absolute Gasteiger partial charge is 0.490 e. The van der Waals surface area contributed by atoms with Crippen LogP contribution in [0.3, 0.4) is 0 Å². The van der Waals surface area contributed by atoms with Gasteiger partial charge in [0.05, 0.1) is 0 Å². The number of H-pyrrole nitrogens is 1. The molecule has 0 amide bonds. The van der Waals surface area contributed by atoms with Crippen LogP contribution in [0.1, 0.15) is 31.9 Å². The first-order valence-corrected chi connectivity index (χ1v) is 9.35. The van der Waals surface area contributed by atoms with Gasteiger partial charge in [0.15, 0.2) is 0 Å². The normalized spacial score (nSPS) is 11.7. The Morgan fingerprint density at radius 3 is 2.50 bits per heavy atom. The lowest BCUT2D eigenvalue weighted by atomic mass is 9.87. The average Bonchev–Trinajstić information content (AvgIpc) is 3.18. The van der Waals surface area contributed by atoms with Gasteiger partial charge in [-0.1, -0.05) is 44.5 Å². The van der Waals surface area contributed by atoms with E-state index in [4.69, 9.17) is 21.1 Å². The quantitative estimate of drug-likeness (QED) is 0.450. The van der Waals surface area contributed by atoms with Crippen LogP contribution in [0.25, 0.3) is 0 Å². The Balaban J connectivity index is 1.56. The predicted molar refractivity (Wildman–Crippen MR) is 111 cm³/mol. The standard InChI is InChI=1S/C21H23ClN4O2/c1-21(2,3)16-4-7-18(8-5-16)27-10-11-28-19-9-6-17(22)12-15(19)13-23-20-24-14-25-26-20/h4-9,12-14H,10-11H2,1-3H3,(H,24,25,26)/b23-13+. The van der Waals surface area contributed by atoms with Crippen LogP contribution in [-0.4, -0.2) is 34.6 Å². The molecule has 0 aliphatic carbocycles. The number of rotatable bonds is 7. The molecule has 0 fully saturated rings. The number of aliphatic imine (C=N–C) groups is 1. The lowest BCUT2D eigenvalue weighted by molar-refractivity contribution is 0.217. The summed E-state index contributed by atoms with van der Waals surface area (Å²) in [6, 6.07) is 13.5. The molecule has 1 aromatic heterocycles. The smallest absolute Gasteiger partial charge is 0.245 e. The van der Waals surface area contributed by atoms with Gasteiger partial charge in [-0.3, -0.25) is 0 Å². The molecule has 0 atom stereocenters. The highest BCUT2D eigenvalue weighted by molar-refractivity contribution is 6.30. The minimum atomic E-state index is 0.125. The maximum atomic E-state index is 6.09. The number of aromatic amines is 1. The van der Waals surface area contributed by atoms with Gasteiger partial charge in [0.2, 0.25) is 5.95 Å². The van der Waals surface area contributed by atoms with Crippen molar-refractivity contribution in [3.8, 4) is 11.5 Å². The van der Waals surface area contributed by atoms with Gasteiger partial charge < -0.3 is 9.47 Å². The molecule has 0 saturated carbocycles. The molecule has 0 spiro atoms. The minimum absolute atomic E-state index is 0.125. The maximum Gasteiger partial charge on any atom is 0.245 e. The zero-order chi connectivity index (χ0) is 20.0. The van der Waals surface area contributed by atoms with E-state index in [0.29, 0.717) is 29.9 Å². The molecule has 0 radical (unpaired) electrons. The minimum Gasteiger partial charge on any atom is -0.490 e. The average molecular weight is 399 g/mol. The fourth-order valence-corrected chi connectivity index (χ4v) is 2.69. The third-order valence-electron chi connectivity index (χ3n) is 4.03. The molecule has 3 aromatic rings. The maximum absolute atomic E-state index is 6.09. The van der Waals surface area contributed by atoms with E-state index in [0.717, 1.165) is 11.3 Å². The van der Waals surface area contributed by atoms with Crippen LogP contribution in [0.2, 0.25) is 5.02 Å². The number of nitrogens with zero attached hydrogens (tertiary/aromatic N) is 3. The summed E-state index contributed by atoms with van der Waals surface area (Å²) in [6.07, 6.45) is 3.03. The van der Waals surface area contributed by atoms with Crippen LogP contribution in [0.4, 0.5) is 5.95 Å². The molecular formula is C21H23ClN4O2. The topological polar surface area (TPSA) is 72.4 Å². The summed E-state index contributed by atoms with van der Waals surface area (Å²) in [7, 11) is 0. The van der Waals surface area contributed by atoms with Gasteiger partial charge in [0.25, 0.3) is 0 Å². The van der Waals surface area contributed by atoms with Gasteiger partial charge in [-0.15, -0.1) is 0 Å². The fourth-order valence-electron chi connectivity index (χ4n) is 2.51. The van der Waals surface area contributed by atoms with Crippen LogP contribution in [0.15, 0.2) is 53.8 Å². The summed E-state index contributed by atoms with van der Waals surface area (Å²) in [5.74, 6) is 1.90. The molecule has 146 valence electrons. The number of nitrogens with one attached hydrogen (secondary N) is 1. The molecular weight excluding hydrogens is 376 g/mol. The lowest BCUT2D eigenvalue weighted by Crippen LogP contribution is -2.12. The Labute approximate surface area is 169 Å². The van der Waals surface area contributed by atoms with E-state index >= 15 is 0 Å². The van der Waals surface area contributed by atoms with E-state index in [2.05, 4.69) is 53.1 Å². The van der Waals surface area contributed by atoms with E-state index in [9.17, 15) is 0 Å². The van der Waals surface area contributed by atoms with Crippen LogP contribution >= 0.6 is 11.6 Å². The molecule has 0 unspecified atom stereocenters. The first kappa shape index (κ1) is 19.9. The molecule has 1 N–H and O–H groups in total. The van der Waals surface area contributed by atoms with Crippen molar-refractivity contribution in [2.24, 2.45) is 4.99 Å². The fraction of sp³-hybridized carbons (Fsp3) is 0.286.